The summed E-state index contributed by atoms with van der Waals surface area (Å²) in [5.74, 6) is 1.12. The molecule has 24 heavy (non-hydrogen) atoms. The van der Waals surface area contributed by atoms with Gasteiger partial charge in [-0.3, -0.25) is 9.69 Å². The van der Waals surface area contributed by atoms with Crippen molar-refractivity contribution in [3.05, 3.63) is 51.0 Å². The molecule has 1 aliphatic rings. The van der Waals surface area contributed by atoms with Crippen LogP contribution in [-0.2, 0) is 4.79 Å². The number of carbonyl (C=O) groups is 1. The van der Waals surface area contributed by atoms with E-state index >= 15 is 0 Å². The van der Waals surface area contributed by atoms with Crippen LogP contribution in [0.2, 0.25) is 10.0 Å². The van der Waals surface area contributed by atoms with Gasteiger partial charge in [-0.2, -0.15) is 0 Å². The molecule has 2 heterocycles. The van der Waals surface area contributed by atoms with Crippen LogP contribution in [0.3, 0.4) is 0 Å². The van der Waals surface area contributed by atoms with Crippen LogP contribution in [0.4, 0.5) is 0 Å². The second kappa shape index (κ2) is 7.31. The van der Waals surface area contributed by atoms with Crippen LogP contribution in [0, 0.1) is 0 Å². The summed E-state index contributed by atoms with van der Waals surface area (Å²) in [7, 11) is 0. The minimum Gasteiger partial charge on any atom is -0.457 e. The summed E-state index contributed by atoms with van der Waals surface area (Å²) in [5, 5.41) is 1.08. The van der Waals surface area contributed by atoms with E-state index in [0.717, 1.165) is 12.0 Å². The standard InChI is InChI=1S/C17H13Cl2NO2S2/c1-2-7-20-16(21)15(24-17(20)23)9-11-4-6-14(22-11)12-5-3-10(18)8-13(12)19/h3-6,8-9H,2,7H2,1H3/b15-9+. The predicted molar refractivity (Wildman–Crippen MR) is 104 cm³/mol. The number of halogens is 2. The molecule has 0 unspecified atom stereocenters. The third kappa shape index (κ3) is 3.54. The van der Waals surface area contributed by atoms with E-state index in [-0.39, 0.29) is 5.91 Å². The molecule has 0 atom stereocenters. The van der Waals surface area contributed by atoms with E-state index in [4.69, 9.17) is 39.8 Å². The Morgan fingerprint density at radius 1 is 1.29 bits per heavy atom. The van der Waals surface area contributed by atoms with Crippen LogP contribution >= 0.6 is 47.2 Å². The Balaban J connectivity index is 1.86. The normalized spacial score (nSPS) is 16.5. The van der Waals surface area contributed by atoms with Crippen LogP contribution in [0.15, 0.2) is 39.7 Å². The summed E-state index contributed by atoms with van der Waals surface area (Å²) in [5.41, 5.74) is 0.749. The fourth-order valence-corrected chi connectivity index (χ4v) is 4.10. The number of carbonyl (C=O) groups excluding carboxylic acids is 1. The van der Waals surface area contributed by atoms with Crippen LogP contribution in [0.25, 0.3) is 17.4 Å². The molecule has 1 aromatic heterocycles. The fourth-order valence-electron chi connectivity index (χ4n) is 2.31. The van der Waals surface area contributed by atoms with Crippen molar-refractivity contribution in [2.24, 2.45) is 0 Å². The summed E-state index contributed by atoms with van der Waals surface area (Å²) in [6.45, 7) is 2.64. The number of amides is 1. The highest BCUT2D eigenvalue weighted by atomic mass is 35.5. The van der Waals surface area contributed by atoms with Crippen molar-refractivity contribution in [1.29, 1.82) is 0 Å². The Morgan fingerprint density at radius 2 is 2.08 bits per heavy atom. The van der Waals surface area contributed by atoms with Crippen molar-refractivity contribution < 1.29 is 9.21 Å². The van der Waals surface area contributed by atoms with Gasteiger partial charge in [0.2, 0.25) is 0 Å². The van der Waals surface area contributed by atoms with Crippen LogP contribution in [0.1, 0.15) is 19.1 Å². The van der Waals surface area contributed by atoms with Gasteiger partial charge in [-0.1, -0.05) is 54.1 Å². The van der Waals surface area contributed by atoms with Gasteiger partial charge in [0, 0.05) is 23.2 Å². The Labute approximate surface area is 159 Å². The van der Waals surface area contributed by atoms with Gasteiger partial charge in [0.25, 0.3) is 5.91 Å². The van der Waals surface area contributed by atoms with Gasteiger partial charge in [0.05, 0.1) is 9.93 Å². The molecule has 1 saturated heterocycles. The maximum atomic E-state index is 12.4. The molecule has 0 bridgehead atoms. The monoisotopic (exact) mass is 397 g/mol. The average Bonchev–Trinajstić information content (AvgIpc) is 3.08. The molecule has 0 N–H and O–H groups in total. The Bertz CT molecular complexity index is 845. The second-order valence-corrected chi connectivity index (χ2v) is 7.68. The number of rotatable bonds is 4. The third-order valence-corrected chi connectivity index (χ3v) is 5.34. The van der Waals surface area contributed by atoms with Gasteiger partial charge in [-0.05, 0) is 36.8 Å². The molecular weight excluding hydrogens is 385 g/mol. The molecule has 7 heteroatoms. The Kier molecular flexibility index (Phi) is 5.35. The van der Waals surface area contributed by atoms with Gasteiger partial charge in [0.15, 0.2) is 0 Å². The molecule has 1 aromatic carbocycles. The number of benzene rings is 1. The van der Waals surface area contributed by atoms with Gasteiger partial charge in [0.1, 0.15) is 15.8 Å². The second-order valence-electron chi connectivity index (χ2n) is 5.16. The highest BCUT2D eigenvalue weighted by molar-refractivity contribution is 8.26. The van der Waals surface area contributed by atoms with E-state index in [1.165, 1.54) is 11.8 Å². The minimum absolute atomic E-state index is 0.0747. The number of nitrogens with zero attached hydrogens (tertiary/aromatic N) is 1. The summed E-state index contributed by atoms with van der Waals surface area (Å²) in [6, 6.07) is 8.83. The quantitative estimate of drug-likeness (QED) is 0.477. The summed E-state index contributed by atoms with van der Waals surface area (Å²) in [6.07, 6.45) is 2.57. The first-order valence-electron chi connectivity index (χ1n) is 7.30. The number of thiocarbonyl (C=S) groups is 1. The van der Waals surface area contributed by atoms with Crippen LogP contribution < -0.4 is 0 Å². The lowest BCUT2D eigenvalue weighted by atomic mass is 10.2. The van der Waals surface area contributed by atoms with Crippen molar-refractivity contribution in [1.82, 2.24) is 4.90 Å². The van der Waals surface area contributed by atoms with E-state index < -0.39 is 0 Å². The molecule has 0 radical (unpaired) electrons. The first-order chi connectivity index (χ1) is 11.5. The SMILES string of the molecule is CCCN1C(=O)/C(=C\c2ccc(-c3ccc(Cl)cc3Cl)o2)SC1=S. The largest absolute Gasteiger partial charge is 0.457 e. The van der Waals surface area contributed by atoms with Crippen LogP contribution in [0.5, 0.6) is 0 Å². The molecule has 1 fully saturated rings. The van der Waals surface area contributed by atoms with Crippen molar-refractivity contribution in [3.63, 3.8) is 0 Å². The fraction of sp³-hybridized carbons (Fsp3) is 0.176. The zero-order valence-electron chi connectivity index (χ0n) is 12.7. The average molecular weight is 398 g/mol. The zero-order chi connectivity index (χ0) is 17.3. The minimum atomic E-state index is -0.0747. The molecule has 1 aliphatic heterocycles. The van der Waals surface area contributed by atoms with Crippen molar-refractivity contribution in [3.8, 4) is 11.3 Å². The summed E-state index contributed by atoms with van der Waals surface area (Å²) < 4.78 is 6.38. The summed E-state index contributed by atoms with van der Waals surface area (Å²) >= 11 is 18.7. The van der Waals surface area contributed by atoms with E-state index in [1.54, 1.807) is 35.2 Å². The molecule has 2 aromatic rings. The predicted octanol–water partition coefficient (Wildman–Crippen LogP) is 5.86. The van der Waals surface area contributed by atoms with E-state index in [1.807, 2.05) is 13.0 Å². The van der Waals surface area contributed by atoms with Gasteiger partial charge >= 0.3 is 0 Å². The van der Waals surface area contributed by atoms with Gasteiger partial charge in [-0.25, -0.2) is 0 Å². The maximum absolute atomic E-state index is 12.4. The smallest absolute Gasteiger partial charge is 0.266 e. The number of hydrogen-bond donors (Lipinski definition) is 0. The van der Waals surface area contributed by atoms with Crippen molar-refractivity contribution in [2.75, 3.05) is 6.54 Å². The van der Waals surface area contributed by atoms with Gasteiger partial charge in [-0.15, -0.1) is 0 Å². The molecule has 0 saturated carbocycles. The number of furan rings is 1. The lowest BCUT2D eigenvalue weighted by Crippen LogP contribution is -2.28. The molecule has 124 valence electrons. The van der Waals surface area contributed by atoms with Gasteiger partial charge < -0.3 is 4.42 Å². The first kappa shape index (κ1) is 17.5. The van der Waals surface area contributed by atoms with E-state index in [9.17, 15) is 4.79 Å². The Morgan fingerprint density at radius 3 is 2.79 bits per heavy atom. The van der Waals surface area contributed by atoms with Crippen molar-refractivity contribution in [2.45, 2.75) is 13.3 Å². The number of hydrogen-bond acceptors (Lipinski definition) is 4. The lowest BCUT2D eigenvalue weighted by molar-refractivity contribution is -0.122. The van der Waals surface area contributed by atoms with Crippen LogP contribution in [-0.4, -0.2) is 21.7 Å². The molecule has 3 rings (SSSR count). The third-order valence-electron chi connectivity index (χ3n) is 3.42. The molecule has 1 amide bonds. The number of thioether (sulfide) groups is 1. The summed E-state index contributed by atoms with van der Waals surface area (Å²) in [4.78, 5) is 14.5. The molecule has 0 aliphatic carbocycles. The molecular formula is C17H13Cl2NO2S2. The van der Waals surface area contributed by atoms with E-state index in [0.29, 0.717) is 37.3 Å². The molecule has 0 spiro atoms. The van der Waals surface area contributed by atoms with E-state index in [2.05, 4.69) is 0 Å². The first-order valence-corrected chi connectivity index (χ1v) is 9.28. The highest BCUT2D eigenvalue weighted by Crippen LogP contribution is 2.35. The maximum Gasteiger partial charge on any atom is 0.266 e. The highest BCUT2D eigenvalue weighted by Gasteiger charge is 2.31. The Hall–Kier alpha value is -1.27. The van der Waals surface area contributed by atoms with Crippen molar-refractivity contribution >= 4 is 63.5 Å². The molecule has 3 nitrogen and oxygen atoms in total. The lowest BCUT2D eigenvalue weighted by Gasteiger charge is -2.11. The zero-order valence-corrected chi connectivity index (χ0v) is 15.9. The topological polar surface area (TPSA) is 33.5 Å².